The number of nitrogens with one attached hydrogen (secondary N) is 4. The Balaban J connectivity index is 0.945. The zero-order valence-electron chi connectivity index (χ0n) is 30.6. The van der Waals surface area contributed by atoms with Crippen LogP contribution >= 0.6 is 0 Å². The van der Waals surface area contributed by atoms with Gasteiger partial charge in [0.25, 0.3) is 0 Å². The molecular formula is C38H47N9O5S. The number of rotatable bonds is 13. The molecule has 2 aliphatic rings. The number of urea groups is 1. The van der Waals surface area contributed by atoms with Gasteiger partial charge in [0.15, 0.2) is 0 Å². The Labute approximate surface area is 311 Å². The predicted octanol–water partition coefficient (Wildman–Crippen LogP) is 4.99. The van der Waals surface area contributed by atoms with Gasteiger partial charge in [-0.05, 0) is 87.9 Å². The van der Waals surface area contributed by atoms with Crippen LogP contribution in [0.25, 0.3) is 0 Å². The van der Waals surface area contributed by atoms with E-state index in [9.17, 15) is 18.0 Å². The van der Waals surface area contributed by atoms with Crippen molar-refractivity contribution in [3.8, 4) is 5.75 Å². The van der Waals surface area contributed by atoms with Gasteiger partial charge in [0, 0.05) is 86.6 Å². The number of imide groups is 1. The van der Waals surface area contributed by atoms with E-state index in [2.05, 4.69) is 46.5 Å². The smallest absolute Gasteiger partial charge is 0.328 e. The van der Waals surface area contributed by atoms with Crippen molar-refractivity contribution < 1.29 is 22.7 Å². The molecule has 14 nitrogen and oxygen atoms in total. The Bertz CT molecular complexity index is 2030. The minimum absolute atomic E-state index is 0.162. The minimum atomic E-state index is -3.69. The number of aromatic nitrogens is 2. The minimum Gasteiger partial charge on any atom is -0.492 e. The number of carbonyl (C=O) groups is 2. The van der Waals surface area contributed by atoms with Gasteiger partial charge in [-0.25, -0.2) is 22.9 Å². The molecule has 3 heterocycles. The fraction of sp³-hybridized carbons (Fsp3) is 0.368. The molecule has 0 atom stereocenters. The molecule has 4 aromatic rings. The number of ether oxygens (including phenoxy) is 1. The molecule has 2 aliphatic heterocycles. The van der Waals surface area contributed by atoms with Crippen molar-refractivity contribution in [2.24, 2.45) is 0 Å². The average molecular weight is 742 g/mol. The summed E-state index contributed by atoms with van der Waals surface area (Å²) in [5, 5.41) is 8.85. The maximum atomic E-state index is 12.8. The molecule has 0 unspecified atom stereocenters. The van der Waals surface area contributed by atoms with Crippen LogP contribution in [0.1, 0.15) is 38.3 Å². The van der Waals surface area contributed by atoms with E-state index in [1.807, 2.05) is 49.4 Å². The van der Waals surface area contributed by atoms with Crippen molar-refractivity contribution >= 4 is 50.8 Å². The Hall–Kier alpha value is -5.09. The summed E-state index contributed by atoms with van der Waals surface area (Å²) in [4.78, 5) is 39.4. The second-order valence-electron chi connectivity index (χ2n) is 14.3. The molecule has 3 amide bonds. The summed E-state index contributed by atoms with van der Waals surface area (Å²) in [6.45, 7) is 13.6. The number of anilines is 5. The second kappa shape index (κ2) is 16.3. The fourth-order valence-corrected chi connectivity index (χ4v) is 7.55. The summed E-state index contributed by atoms with van der Waals surface area (Å²) < 4.78 is 34.4. The van der Waals surface area contributed by atoms with Gasteiger partial charge in [-0.2, -0.15) is 4.98 Å². The number of hydrogen-bond donors (Lipinski definition) is 4. The SMILES string of the molecule is Cc1cnc(Nc2ccc(OCCN3CCN(Cc4cccc(N5CCC(=O)NC5=O)c4)CC3)cc2)nc1Nc1cccc(S(=O)(=O)NC(C)(C)C)c1. The summed E-state index contributed by atoms with van der Waals surface area (Å²) in [6.07, 6.45) is 2.01. The van der Waals surface area contributed by atoms with Gasteiger partial charge in [-0.3, -0.25) is 24.8 Å². The number of nitrogens with zero attached hydrogens (tertiary/aromatic N) is 5. The molecule has 0 bridgehead atoms. The van der Waals surface area contributed by atoms with Crippen molar-refractivity contribution in [1.82, 2.24) is 29.8 Å². The Kier molecular flexibility index (Phi) is 11.6. The molecular weight excluding hydrogens is 695 g/mol. The van der Waals surface area contributed by atoms with Gasteiger partial charge >= 0.3 is 6.03 Å². The zero-order valence-corrected chi connectivity index (χ0v) is 31.4. The molecule has 6 rings (SSSR count). The highest BCUT2D eigenvalue weighted by molar-refractivity contribution is 7.89. The number of aryl methyl sites for hydroxylation is 1. The number of carbonyl (C=O) groups excluding carboxylic acids is 2. The lowest BCUT2D eigenvalue weighted by Gasteiger charge is -2.34. The van der Waals surface area contributed by atoms with Crippen molar-refractivity contribution in [3.05, 3.63) is 90.1 Å². The highest BCUT2D eigenvalue weighted by Crippen LogP contribution is 2.25. The first kappa shape index (κ1) is 37.7. The molecule has 53 heavy (non-hydrogen) atoms. The van der Waals surface area contributed by atoms with E-state index < -0.39 is 15.6 Å². The van der Waals surface area contributed by atoms with Crippen LogP contribution in [0.15, 0.2) is 83.9 Å². The van der Waals surface area contributed by atoms with E-state index in [0.717, 1.165) is 67.5 Å². The molecule has 4 N–H and O–H groups in total. The topological polar surface area (TPSA) is 161 Å². The Morgan fingerprint density at radius 3 is 2.34 bits per heavy atom. The van der Waals surface area contributed by atoms with E-state index in [4.69, 9.17) is 4.74 Å². The molecule has 2 fully saturated rings. The van der Waals surface area contributed by atoms with E-state index in [1.54, 1.807) is 56.1 Å². The fourth-order valence-electron chi connectivity index (χ4n) is 6.09. The van der Waals surface area contributed by atoms with E-state index in [-0.39, 0.29) is 16.8 Å². The van der Waals surface area contributed by atoms with E-state index in [1.165, 1.54) is 0 Å². The molecule has 0 saturated carbocycles. The lowest BCUT2D eigenvalue weighted by Crippen LogP contribution is -2.49. The van der Waals surface area contributed by atoms with Crippen LogP contribution in [0.5, 0.6) is 5.75 Å². The van der Waals surface area contributed by atoms with Gasteiger partial charge in [0.1, 0.15) is 18.2 Å². The Morgan fingerprint density at radius 2 is 1.60 bits per heavy atom. The highest BCUT2D eigenvalue weighted by atomic mass is 32.2. The molecule has 15 heteroatoms. The molecule has 3 aromatic carbocycles. The number of sulfonamides is 1. The molecule has 280 valence electrons. The summed E-state index contributed by atoms with van der Waals surface area (Å²) in [7, 11) is -3.69. The monoisotopic (exact) mass is 741 g/mol. The standard InChI is InChI=1S/C38H47N9O5S/c1-27-25-39-36(43-35(27)40-30-8-6-10-33(24-30)53(50,51)44-38(2,3)4)41-29-11-13-32(14-12-29)52-22-21-45-17-19-46(20-18-45)26-28-7-5-9-31(23-28)47-16-15-34(48)42-37(47)49/h5-14,23-25,44H,15-22,26H2,1-4H3,(H,42,48,49)(H2,39,40,41,43). The van der Waals surface area contributed by atoms with Crippen LogP contribution < -0.4 is 30.3 Å². The van der Waals surface area contributed by atoms with E-state index in [0.29, 0.717) is 37.0 Å². The van der Waals surface area contributed by atoms with Crippen LogP contribution in [-0.4, -0.2) is 91.5 Å². The van der Waals surface area contributed by atoms with Crippen LogP contribution in [-0.2, 0) is 21.4 Å². The van der Waals surface area contributed by atoms with Crippen LogP contribution in [0.2, 0.25) is 0 Å². The number of benzene rings is 3. The largest absolute Gasteiger partial charge is 0.492 e. The van der Waals surface area contributed by atoms with Crippen molar-refractivity contribution in [2.75, 3.05) is 61.4 Å². The van der Waals surface area contributed by atoms with Crippen LogP contribution in [0, 0.1) is 6.92 Å². The lowest BCUT2D eigenvalue weighted by molar-refractivity contribution is -0.120. The zero-order chi connectivity index (χ0) is 37.6. The lowest BCUT2D eigenvalue weighted by atomic mass is 10.1. The summed E-state index contributed by atoms with van der Waals surface area (Å²) in [5.41, 5.74) is 3.53. The normalized spacial score (nSPS) is 16.0. The molecule has 1 aromatic heterocycles. The van der Waals surface area contributed by atoms with Crippen LogP contribution in [0.4, 0.5) is 33.6 Å². The maximum absolute atomic E-state index is 12.8. The first-order valence-corrected chi connectivity index (χ1v) is 19.2. The summed E-state index contributed by atoms with van der Waals surface area (Å²) in [5.74, 6) is 1.48. The van der Waals surface area contributed by atoms with Gasteiger partial charge in [0.05, 0.1) is 4.90 Å². The number of piperazine rings is 1. The first-order valence-electron chi connectivity index (χ1n) is 17.7. The third-order valence-corrected chi connectivity index (χ3v) is 10.5. The second-order valence-corrected chi connectivity index (χ2v) is 16.0. The average Bonchev–Trinajstić information content (AvgIpc) is 3.10. The highest BCUT2D eigenvalue weighted by Gasteiger charge is 2.25. The summed E-state index contributed by atoms with van der Waals surface area (Å²) in [6, 6.07) is 21.9. The van der Waals surface area contributed by atoms with Gasteiger partial charge in [0.2, 0.25) is 21.9 Å². The predicted molar refractivity (Wildman–Crippen MR) is 205 cm³/mol. The number of hydrogen-bond acceptors (Lipinski definition) is 11. The molecule has 0 spiro atoms. The Morgan fingerprint density at radius 1 is 0.868 bits per heavy atom. The van der Waals surface area contributed by atoms with Crippen molar-refractivity contribution in [3.63, 3.8) is 0 Å². The quantitative estimate of drug-likeness (QED) is 0.146. The van der Waals surface area contributed by atoms with Crippen LogP contribution in [0.3, 0.4) is 0 Å². The number of amides is 3. The molecule has 0 aliphatic carbocycles. The third kappa shape index (κ3) is 10.5. The first-order chi connectivity index (χ1) is 25.3. The van der Waals surface area contributed by atoms with E-state index >= 15 is 0 Å². The van der Waals surface area contributed by atoms with Gasteiger partial charge < -0.3 is 15.4 Å². The maximum Gasteiger partial charge on any atom is 0.328 e. The molecule has 0 radical (unpaired) electrons. The molecule has 2 saturated heterocycles. The van der Waals surface area contributed by atoms with Gasteiger partial charge in [-0.15, -0.1) is 0 Å². The van der Waals surface area contributed by atoms with Crippen molar-refractivity contribution in [2.45, 2.75) is 51.1 Å². The van der Waals surface area contributed by atoms with Gasteiger partial charge in [-0.1, -0.05) is 18.2 Å². The summed E-state index contributed by atoms with van der Waals surface area (Å²) >= 11 is 0. The van der Waals surface area contributed by atoms with Crippen molar-refractivity contribution in [1.29, 1.82) is 0 Å². The third-order valence-electron chi connectivity index (χ3n) is 8.75.